The van der Waals surface area contributed by atoms with Crippen molar-refractivity contribution in [2.75, 3.05) is 0 Å². The predicted molar refractivity (Wildman–Crippen MR) is 61.4 cm³/mol. The fourth-order valence-electron chi connectivity index (χ4n) is 2.12. The van der Waals surface area contributed by atoms with Gasteiger partial charge in [-0.25, -0.2) is 9.07 Å². The second kappa shape index (κ2) is 3.96. The molecule has 0 spiro atoms. The number of hydrogen-bond donors (Lipinski definition) is 1. The molecule has 0 atom stereocenters. The second-order valence-electron chi connectivity index (χ2n) is 4.35. The number of hydrogen-bond acceptors (Lipinski definition) is 2. The van der Waals surface area contributed by atoms with Gasteiger partial charge in [-0.2, -0.15) is 5.10 Å². The maximum atomic E-state index is 13.7. The van der Waals surface area contributed by atoms with E-state index in [0.29, 0.717) is 11.6 Å². The molecule has 0 aliphatic heterocycles. The number of nitrogens with zero attached hydrogens (tertiary/aromatic N) is 2. The summed E-state index contributed by atoms with van der Waals surface area (Å²) in [5.74, 6) is 0.126. The van der Waals surface area contributed by atoms with Crippen LogP contribution in [0.5, 0.6) is 0 Å². The largest absolute Gasteiger partial charge is 0.392 e. The van der Waals surface area contributed by atoms with Crippen molar-refractivity contribution in [3.8, 4) is 5.69 Å². The van der Waals surface area contributed by atoms with Crippen LogP contribution in [0.4, 0.5) is 4.39 Å². The highest BCUT2D eigenvalue weighted by Gasteiger charge is 2.30. The van der Waals surface area contributed by atoms with E-state index in [1.54, 1.807) is 29.1 Å². The quantitative estimate of drug-likeness (QED) is 0.882. The first-order chi connectivity index (χ1) is 8.31. The molecule has 3 rings (SSSR count). The van der Waals surface area contributed by atoms with Gasteiger partial charge in [0.1, 0.15) is 11.5 Å². The summed E-state index contributed by atoms with van der Waals surface area (Å²) < 4.78 is 15.4. The lowest BCUT2D eigenvalue weighted by atomic mass is 10.2. The van der Waals surface area contributed by atoms with Crippen molar-refractivity contribution in [3.05, 3.63) is 47.5 Å². The monoisotopic (exact) mass is 232 g/mol. The van der Waals surface area contributed by atoms with Crippen LogP contribution < -0.4 is 0 Å². The number of halogens is 1. The lowest BCUT2D eigenvalue weighted by Crippen LogP contribution is -2.04. The SMILES string of the molecule is OCc1cnn(-c2ccccc2F)c1C1CC1. The van der Waals surface area contributed by atoms with E-state index >= 15 is 0 Å². The van der Waals surface area contributed by atoms with Gasteiger partial charge in [0.25, 0.3) is 0 Å². The lowest BCUT2D eigenvalue weighted by Gasteiger charge is -2.08. The Kier molecular flexibility index (Phi) is 2.44. The Labute approximate surface area is 98.5 Å². The summed E-state index contributed by atoms with van der Waals surface area (Å²) in [5, 5.41) is 13.5. The molecule has 1 N–H and O–H groups in total. The number of rotatable bonds is 3. The molecule has 1 saturated carbocycles. The van der Waals surface area contributed by atoms with Crippen LogP contribution in [-0.2, 0) is 6.61 Å². The summed E-state index contributed by atoms with van der Waals surface area (Å²) in [7, 11) is 0. The van der Waals surface area contributed by atoms with Crippen molar-refractivity contribution >= 4 is 0 Å². The van der Waals surface area contributed by atoms with Gasteiger partial charge in [-0.05, 0) is 25.0 Å². The molecule has 0 bridgehead atoms. The van der Waals surface area contributed by atoms with Crippen molar-refractivity contribution in [3.63, 3.8) is 0 Å². The van der Waals surface area contributed by atoms with Crippen LogP contribution in [0.3, 0.4) is 0 Å². The van der Waals surface area contributed by atoms with E-state index in [1.165, 1.54) is 6.07 Å². The molecular weight excluding hydrogens is 219 g/mol. The number of aliphatic hydroxyl groups excluding tert-OH is 1. The van der Waals surface area contributed by atoms with Crippen molar-refractivity contribution in [1.29, 1.82) is 0 Å². The Morgan fingerprint density at radius 1 is 1.35 bits per heavy atom. The fraction of sp³-hybridized carbons (Fsp3) is 0.308. The van der Waals surface area contributed by atoms with Gasteiger partial charge in [0.05, 0.1) is 18.5 Å². The highest BCUT2D eigenvalue weighted by Crippen LogP contribution is 2.42. The third-order valence-corrected chi connectivity index (χ3v) is 3.10. The average molecular weight is 232 g/mol. The Morgan fingerprint density at radius 3 is 2.76 bits per heavy atom. The summed E-state index contributed by atoms with van der Waals surface area (Å²) >= 11 is 0. The maximum Gasteiger partial charge on any atom is 0.148 e. The van der Waals surface area contributed by atoms with Crippen molar-refractivity contribution in [2.24, 2.45) is 0 Å². The minimum absolute atomic E-state index is 0.0414. The maximum absolute atomic E-state index is 13.7. The van der Waals surface area contributed by atoms with Crippen LogP contribution in [-0.4, -0.2) is 14.9 Å². The van der Waals surface area contributed by atoms with E-state index in [4.69, 9.17) is 0 Å². The van der Waals surface area contributed by atoms with Gasteiger partial charge in [0.15, 0.2) is 0 Å². The van der Waals surface area contributed by atoms with Gasteiger partial charge in [-0.3, -0.25) is 0 Å². The molecule has 4 heteroatoms. The predicted octanol–water partition coefficient (Wildman–Crippen LogP) is 2.38. The topological polar surface area (TPSA) is 38.1 Å². The minimum Gasteiger partial charge on any atom is -0.392 e. The molecule has 1 aliphatic carbocycles. The molecular formula is C13H13FN2O. The summed E-state index contributed by atoms with van der Waals surface area (Å²) in [6, 6.07) is 6.57. The molecule has 3 nitrogen and oxygen atoms in total. The normalized spacial score (nSPS) is 15.2. The number of aromatic nitrogens is 2. The van der Waals surface area contributed by atoms with Crippen LogP contribution in [0, 0.1) is 5.82 Å². The first-order valence-electron chi connectivity index (χ1n) is 5.74. The van der Waals surface area contributed by atoms with Crippen molar-refractivity contribution in [2.45, 2.75) is 25.4 Å². The molecule has 1 aliphatic rings. The Hall–Kier alpha value is -1.68. The molecule has 88 valence electrons. The second-order valence-corrected chi connectivity index (χ2v) is 4.35. The Morgan fingerprint density at radius 2 is 2.12 bits per heavy atom. The Balaban J connectivity index is 2.14. The standard InChI is InChI=1S/C13H13FN2O/c14-11-3-1-2-4-12(11)16-13(9-5-6-9)10(8-17)7-15-16/h1-4,7,9,17H,5-6,8H2. The number of para-hydroxylation sites is 1. The Bertz CT molecular complexity index is 546. The molecule has 1 heterocycles. The zero-order valence-electron chi connectivity index (χ0n) is 9.31. The van der Waals surface area contributed by atoms with Crippen LogP contribution >= 0.6 is 0 Å². The average Bonchev–Trinajstić information content (AvgIpc) is 3.10. The van der Waals surface area contributed by atoms with Crippen molar-refractivity contribution < 1.29 is 9.50 Å². The van der Waals surface area contributed by atoms with E-state index in [-0.39, 0.29) is 12.4 Å². The zero-order chi connectivity index (χ0) is 11.8. The number of benzene rings is 1. The van der Waals surface area contributed by atoms with Crippen molar-refractivity contribution in [1.82, 2.24) is 9.78 Å². The van der Waals surface area contributed by atoms with E-state index in [1.807, 2.05) is 0 Å². The van der Waals surface area contributed by atoms with Crippen LogP contribution in [0.15, 0.2) is 30.5 Å². The third kappa shape index (κ3) is 1.74. The first-order valence-corrected chi connectivity index (χ1v) is 5.74. The summed E-state index contributed by atoms with van der Waals surface area (Å²) in [6.07, 6.45) is 3.81. The molecule has 1 fully saturated rings. The van der Waals surface area contributed by atoms with E-state index in [9.17, 15) is 9.50 Å². The third-order valence-electron chi connectivity index (χ3n) is 3.10. The first kappa shape index (κ1) is 10.5. The highest BCUT2D eigenvalue weighted by molar-refractivity contribution is 5.38. The molecule has 0 amide bonds. The van der Waals surface area contributed by atoms with E-state index in [2.05, 4.69) is 5.10 Å². The van der Waals surface area contributed by atoms with E-state index in [0.717, 1.165) is 24.1 Å². The van der Waals surface area contributed by atoms with Gasteiger partial charge >= 0.3 is 0 Å². The lowest BCUT2D eigenvalue weighted by molar-refractivity contribution is 0.280. The molecule has 0 radical (unpaired) electrons. The number of aliphatic hydroxyl groups is 1. The summed E-state index contributed by atoms with van der Waals surface area (Å²) in [4.78, 5) is 0. The van der Waals surface area contributed by atoms with Gasteiger partial charge in [-0.1, -0.05) is 12.1 Å². The summed E-state index contributed by atoms with van der Waals surface area (Å²) in [6.45, 7) is -0.0414. The van der Waals surface area contributed by atoms with Gasteiger partial charge in [0.2, 0.25) is 0 Å². The molecule has 1 aromatic heterocycles. The molecule has 0 saturated heterocycles. The minimum atomic E-state index is -0.290. The van der Waals surface area contributed by atoms with E-state index < -0.39 is 0 Å². The van der Waals surface area contributed by atoms with Gasteiger partial charge < -0.3 is 5.11 Å². The zero-order valence-corrected chi connectivity index (χ0v) is 9.31. The molecule has 17 heavy (non-hydrogen) atoms. The van der Waals surface area contributed by atoms with Gasteiger partial charge in [-0.15, -0.1) is 0 Å². The fourth-order valence-corrected chi connectivity index (χ4v) is 2.12. The highest BCUT2D eigenvalue weighted by atomic mass is 19.1. The van der Waals surface area contributed by atoms with Crippen LogP contribution in [0.2, 0.25) is 0 Å². The molecule has 0 unspecified atom stereocenters. The smallest absolute Gasteiger partial charge is 0.148 e. The summed E-state index contributed by atoms with van der Waals surface area (Å²) in [5.41, 5.74) is 2.21. The molecule has 2 aromatic rings. The van der Waals surface area contributed by atoms with Crippen LogP contribution in [0.1, 0.15) is 30.0 Å². The van der Waals surface area contributed by atoms with Crippen LogP contribution in [0.25, 0.3) is 5.69 Å². The van der Waals surface area contributed by atoms with Gasteiger partial charge in [0, 0.05) is 11.5 Å². The molecule has 1 aromatic carbocycles.